The first kappa shape index (κ1) is 13.2. The van der Waals surface area contributed by atoms with E-state index in [0.29, 0.717) is 4.90 Å². The van der Waals surface area contributed by atoms with Gasteiger partial charge >= 0.3 is 0 Å². The third-order valence-corrected chi connectivity index (χ3v) is 4.40. The van der Waals surface area contributed by atoms with Gasteiger partial charge in [-0.1, -0.05) is 42.0 Å². The fourth-order valence-electron chi connectivity index (χ4n) is 3.30. The van der Waals surface area contributed by atoms with Crippen molar-refractivity contribution in [3.63, 3.8) is 0 Å². The summed E-state index contributed by atoms with van der Waals surface area (Å²) in [7, 11) is 0. The van der Waals surface area contributed by atoms with Gasteiger partial charge in [-0.25, -0.2) is 0 Å². The summed E-state index contributed by atoms with van der Waals surface area (Å²) >= 11 is 0. The molecule has 2 atom stereocenters. The smallest absolute Gasteiger partial charge is 0.217 e. The molecule has 0 fully saturated rings. The quantitative estimate of drug-likeness (QED) is 0.603. The van der Waals surface area contributed by atoms with E-state index in [0.717, 1.165) is 19.3 Å². The van der Waals surface area contributed by atoms with E-state index in [-0.39, 0.29) is 5.92 Å². The molecule has 3 rings (SSSR count). The average Bonchev–Trinajstić information content (AvgIpc) is 2.48. The monoisotopic (exact) mass is 271 g/mol. The van der Waals surface area contributed by atoms with E-state index in [9.17, 15) is 5.21 Å². The van der Waals surface area contributed by atoms with Gasteiger partial charge in [-0.15, -0.1) is 0 Å². The van der Waals surface area contributed by atoms with Crippen LogP contribution in [0.2, 0.25) is 0 Å². The van der Waals surface area contributed by atoms with Crippen molar-refractivity contribution in [2.75, 3.05) is 0 Å². The van der Waals surface area contributed by atoms with Crippen LogP contribution < -0.4 is 0 Å². The van der Waals surface area contributed by atoms with Crippen molar-refractivity contribution in [1.29, 1.82) is 0 Å². The molecule has 0 bridgehead atoms. The maximum absolute atomic E-state index is 11.9. The van der Waals surface area contributed by atoms with Gasteiger partial charge in [0.2, 0.25) is 6.21 Å². The van der Waals surface area contributed by atoms with Gasteiger partial charge in [-0.3, -0.25) is 5.21 Å². The highest BCUT2D eigenvalue weighted by Gasteiger charge is 2.38. The van der Waals surface area contributed by atoms with Crippen LogP contribution >= 0.6 is 0 Å². The van der Waals surface area contributed by atoms with E-state index in [1.165, 1.54) is 24.0 Å². The fraction of sp³-hybridized carbons (Fsp3) is 0.471. The van der Waals surface area contributed by atoms with Crippen LogP contribution in [0.3, 0.4) is 0 Å². The van der Waals surface area contributed by atoms with Crippen LogP contribution in [-0.4, -0.2) is 16.7 Å². The van der Waals surface area contributed by atoms with Crippen molar-refractivity contribution in [2.24, 2.45) is 0 Å². The number of nitrogens with zero attached hydrogens (tertiary/aromatic N) is 1. The zero-order valence-electron chi connectivity index (χ0n) is 11.9. The van der Waals surface area contributed by atoms with Crippen molar-refractivity contribution < 1.29 is 9.74 Å². The Labute approximate surface area is 120 Å². The minimum absolute atomic E-state index is 0.121. The van der Waals surface area contributed by atoms with Crippen molar-refractivity contribution in [3.05, 3.63) is 52.8 Å². The molecular formula is C17H21NO2. The molecule has 3 nitrogen and oxygen atoms in total. The van der Waals surface area contributed by atoms with Gasteiger partial charge in [0.25, 0.3) is 0 Å². The van der Waals surface area contributed by atoms with E-state index in [4.69, 9.17) is 4.84 Å². The highest BCUT2D eigenvalue weighted by atomic mass is 16.9. The standard InChI is InChI=1S/C17H21NO2/c1-17(16-10-6-3-7-11-16)12-15(13-18(19)20-17)14-8-4-2-5-9-14/h2,4-5,8-10,13,15H,3,6-7,11-12H2,1H3/t15-,17+/m0/s1. The van der Waals surface area contributed by atoms with Gasteiger partial charge in [-0.05, 0) is 44.6 Å². The highest BCUT2D eigenvalue weighted by Crippen LogP contribution is 2.39. The molecule has 1 aliphatic heterocycles. The molecule has 1 aromatic rings. The van der Waals surface area contributed by atoms with E-state index in [1.54, 1.807) is 6.21 Å². The summed E-state index contributed by atoms with van der Waals surface area (Å²) < 4.78 is 0. The molecule has 0 aromatic heterocycles. The third kappa shape index (κ3) is 2.58. The van der Waals surface area contributed by atoms with E-state index in [2.05, 4.69) is 25.1 Å². The molecule has 0 saturated heterocycles. The summed E-state index contributed by atoms with van der Waals surface area (Å²) in [5.41, 5.74) is 2.01. The van der Waals surface area contributed by atoms with Crippen LogP contribution in [0, 0.1) is 5.21 Å². The summed E-state index contributed by atoms with van der Waals surface area (Å²) in [6.45, 7) is 2.05. The Hall–Kier alpha value is -1.77. The van der Waals surface area contributed by atoms with E-state index in [1.807, 2.05) is 18.2 Å². The molecule has 1 aliphatic carbocycles. The second kappa shape index (κ2) is 5.31. The van der Waals surface area contributed by atoms with Crippen LogP contribution in [0.4, 0.5) is 0 Å². The predicted molar refractivity (Wildman–Crippen MR) is 79.5 cm³/mol. The Balaban J connectivity index is 1.89. The zero-order chi connectivity index (χ0) is 14.0. The van der Waals surface area contributed by atoms with Crippen molar-refractivity contribution in [1.82, 2.24) is 0 Å². The van der Waals surface area contributed by atoms with Crippen molar-refractivity contribution >= 4 is 6.21 Å². The molecule has 0 N–H and O–H groups in total. The molecule has 20 heavy (non-hydrogen) atoms. The molecular weight excluding hydrogens is 250 g/mol. The molecule has 106 valence electrons. The Kier molecular flexibility index (Phi) is 3.51. The van der Waals surface area contributed by atoms with Crippen LogP contribution in [0.1, 0.15) is 50.5 Å². The molecule has 0 amide bonds. The lowest BCUT2D eigenvalue weighted by Crippen LogP contribution is -2.41. The second-order valence-corrected chi connectivity index (χ2v) is 5.95. The first-order valence-electron chi connectivity index (χ1n) is 7.42. The SMILES string of the molecule is C[C@]1(C2=CCCCC2)C[C@H](c2ccccc2)C=[N+]([O-])O1. The minimum Gasteiger partial charge on any atom is -0.393 e. The highest BCUT2D eigenvalue weighted by molar-refractivity contribution is 5.64. The Morgan fingerprint density at radius 2 is 2.05 bits per heavy atom. The van der Waals surface area contributed by atoms with Crippen LogP contribution in [-0.2, 0) is 4.84 Å². The van der Waals surface area contributed by atoms with Crippen molar-refractivity contribution in [3.8, 4) is 0 Å². The number of allylic oxidation sites excluding steroid dienone is 1. The summed E-state index contributed by atoms with van der Waals surface area (Å²) in [4.78, 5) is 6.28. The lowest BCUT2D eigenvalue weighted by atomic mass is 9.79. The fourth-order valence-corrected chi connectivity index (χ4v) is 3.30. The first-order valence-corrected chi connectivity index (χ1v) is 7.42. The zero-order valence-corrected chi connectivity index (χ0v) is 11.9. The first-order chi connectivity index (χ1) is 9.67. The molecule has 1 aromatic carbocycles. The van der Waals surface area contributed by atoms with Crippen LogP contribution in [0.25, 0.3) is 0 Å². The molecule has 0 unspecified atom stereocenters. The summed E-state index contributed by atoms with van der Waals surface area (Å²) in [5.74, 6) is 0.121. The van der Waals surface area contributed by atoms with Crippen molar-refractivity contribution in [2.45, 2.75) is 50.5 Å². The van der Waals surface area contributed by atoms with E-state index < -0.39 is 5.60 Å². The molecule has 1 heterocycles. The number of hydrogen-bond acceptors (Lipinski definition) is 2. The Bertz CT molecular complexity index is 535. The molecule has 3 heteroatoms. The van der Waals surface area contributed by atoms with Gasteiger partial charge in [0.15, 0.2) is 0 Å². The largest absolute Gasteiger partial charge is 0.393 e. The summed E-state index contributed by atoms with van der Waals surface area (Å²) in [6, 6.07) is 10.2. The van der Waals surface area contributed by atoms with Gasteiger partial charge in [0.05, 0.1) is 11.5 Å². The average molecular weight is 271 g/mol. The predicted octanol–water partition coefficient (Wildman–Crippen LogP) is 3.95. The Morgan fingerprint density at radius 3 is 2.75 bits per heavy atom. The summed E-state index contributed by atoms with van der Waals surface area (Å²) in [6.07, 6.45) is 9.34. The van der Waals surface area contributed by atoms with Gasteiger partial charge in [0.1, 0.15) is 0 Å². The molecule has 0 spiro atoms. The minimum atomic E-state index is -0.461. The maximum Gasteiger partial charge on any atom is 0.217 e. The number of benzene rings is 1. The number of hydrogen-bond donors (Lipinski definition) is 0. The lowest BCUT2D eigenvalue weighted by Gasteiger charge is -2.40. The maximum atomic E-state index is 11.9. The number of rotatable bonds is 2. The topological polar surface area (TPSA) is 35.3 Å². The summed E-state index contributed by atoms with van der Waals surface area (Å²) in [5, 5.41) is 11.9. The van der Waals surface area contributed by atoms with Gasteiger partial charge in [-0.2, -0.15) is 0 Å². The molecule has 0 radical (unpaired) electrons. The van der Waals surface area contributed by atoms with Gasteiger partial charge < -0.3 is 4.84 Å². The third-order valence-electron chi connectivity index (χ3n) is 4.40. The normalized spacial score (nSPS) is 30.1. The van der Waals surface area contributed by atoms with Gasteiger partial charge in [0, 0.05) is 4.90 Å². The van der Waals surface area contributed by atoms with Crippen LogP contribution in [0.15, 0.2) is 42.0 Å². The lowest BCUT2D eigenvalue weighted by molar-refractivity contribution is -0.764. The van der Waals surface area contributed by atoms with E-state index >= 15 is 0 Å². The second-order valence-electron chi connectivity index (χ2n) is 5.95. The van der Waals surface area contributed by atoms with Crippen LogP contribution in [0.5, 0.6) is 0 Å². The Morgan fingerprint density at radius 1 is 1.25 bits per heavy atom. The molecule has 0 saturated carbocycles. The molecule has 2 aliphatic rings.